The molecular weight excluding hydrogens is 315 g/mol. The van der Waals surface area contributed by atoms with Crippen LogP contribution >= 0.6 is 11.6 Å². The Morgan fingerprint density at radius 3 is 2.45 bits per heavy atom. The predicted molar refractivity (Wildman–Crippen MR) is 78.9 cm³/mol. The average molecular weight is 324 g/mol. The standard InChI is InChI=1S/C16H9ClF3NO/c17-12-6-3-4-10-8-9-13(21-15(10)12)11-5-1-2-7-14(11)22-16(18,19)20/h1-9H. The molecule has 3 rings (SSSR count). The van der Waals surface area contributed by atoms with Crippen LogP contribution in [0.25, 0.3) is 22.2 Å². The van der Waals surface area contributed by atoms with Gasteiger partial charge in [-0.05, 0) is 24.3 Å². The van der Waals surface area contributed by atoms with Crippen molar-refractivity contribution in [2.24, 2.45) is 0 Å². The lowest BCUT2D eigenvalue weighted by Crippen LogP contribution is -2.17. The lowest BCUT2D eigenvalue weighted by Gasteiger charge is -2.13. The number of fused-ring (bicyclic) bond motifs is 1. The van der Waals surface area contributed by atoms with Crippen molar-refractivity contribution >= 4 is 22.5 Å². The molecule has 0 bridgehead atoms. The Labute approximate surface area is 129 Å². The van der Waals surface area contributed by atoms with E-state index >= 15 is 0 Å². The first-order valence-electron chi connectivity index (χ1n) is 6.34. The number of ether oxygens (including phenoxy) is 1. The number of para-hydroxylation sites is 2. The third-order valence-corrected chi connectivity index (χ3v) is 3.36. The maximum absolute atomic E-state index is 12.5. The number of benzene rings is 2. The second kappa shape index (κ2) is 5.50. The topological polar surface area (TPSA) is 22.1 Å². The smallest absolute Gasteiger partial charge is 0.405 e. The van der Waals surface area contributed by atoms with Gasteiger partial charge in [0.15, 0.2) is 0 Å². The number of hydrogen-bond acceptors (Lipinski definition) is 2. The summed E-state index contributed by atoms with van der Waals surface area (Å²) in [6.07, 6.45) is -4.76. The zero-order valence-electron chi connectivity index (χ0n) is 11.1. The summed E-state index contributed by atoms with van der Waals surface area (Å²) in [5.41, 5.74) is 1.14. The van der Waals surface area contributed by atoms with Crippen molar-refractivity contribution in [3.8, 4) is 17.0 Å². The molecule has 0 amide bonds. The molecule has 0 atom stereocenters. The van der Waals surface area contributed by atoms with E-state index in [1.807, 2.05) is 6.07 Å². The zero-order chi connectivity index (χ0) is 15.7. The molecule has 3 aromatic rings. The molecule has 0 aliphatic carbocycles. The van der Waals surface area contributed by atoms with Crippen LogP contribution in [0.2, 0.25) is 5.02 Å². The number of alkyl halides is 3. The molecule has 1 aromatic heterocycles. The quantitative estimate of drug-likeness (QED) is 0.625. The van der Waals surface area contributed by atoms with Crippen molar-refractivity contribution in [3.05, 3.63) is 59.6 Å². The normalized spacial score (nSPS) is 11.6. The first kappa shape index (κ1) is 14.7. The van der Waals surface area contributed by atoms with Gasteiger partial charge in [-0.2, -0.15) is 0 Å². The van der Waals surface area contributed by atoms with Crippen molar-refractivity contribution in [3.63, 3.8) is 0 Å². The van der Waals surface area contributed by atoms with Gasteiger partial charge in [0, 0.05) is 10.9 Å². The molecule has 2 nitrogen and oxygen atoms in total. The fourth-order valence-corrected chi connectivity index (χ4v) is 2.38. The number of aromatic nitrogens is 1. The molecular formula is C16H9ClF3NO. The lowest BCUT2D eigenvalue weighted by atomic mass is 10.1. The van der Waals surface area contributed by atoms with E-state index in [0.717, 1.165) is 5.39 Å². The molecule has 0 saturated heterocycles. The summed E-state index contributed by atoms with van der Waals surface area (Å²) in [6.45, 7) is 0. The molecule has 0 spiro atoms. The maximum atomic E-state index is 12.5. The summed E-state index contributed by atoms with van der Waals surface area (Å²) in [7, 11) is 0. The van der Waals surface area contributed by atoms with Crippen LogP contribution in [0.5, 0.6) is 5.75 Å². The molecule has 112 valence electrons. The largest absolute Gasteiger partial charge is 0.573 e. The van der Waals surface area contributed by atoms with Crippen LogP contribution in [0, 0.1) is 0 Å². The summed E-state index contributed by atoms with van der Waals surface area (Å²) in [6, 6.07) is 14.6. The van der Waals surface area contributed by atoms with Crippen LogP contribution in [0.1, 0.15) is 0 Å². The maximum Gasteiger partial charge on any atom is 0.573 e. The number of pyridine rings is 1. The van der Waals surface area contributed by atoms with E-state index in [1.165, 1.54) is 18.2 Å². The Hall–Kier alpha value is -2.27. The fraction of sp³-hybridized carbons (Fsp3) is 0.0625. The van der Waals surface area contributed by atoms with E-state index in [1.54, 1.807) is 30.3 Å². The van der Waals surface area contributed by atoms with Crippen molar-refractivity contribution < 1.29 is 17.9 Å². The first-order valence-corrected chi connectivity index (χ1v) is 6.72. The van der Waals surface area contributed by atoms with Crippen molar-refractivity contribution in [2.75, 3.05) is 0 Å². The highest BCUT2D eigenvalue weighted by Gasteiger charge is 2.32. The van der Waals surface area contributed by atoms with E-state index in [0.29, 0.717) is 16.2 Å². The van der Waals surface area contributed by atoms with Gasteiger partial charge in [-0.25, -0.2) is 4.98 Å². The highest BCUT2D eigenvalue weighted by atomic mass is 35.5. The zero-order valence-corrected chi connectivity index (χ0v) is 11.8. The lowest BCUT2D eigenvalue weighted by molar-refractivity contribution is -0.274. The Morgan fingerprint density at radius 2 is 1.68 bits per heavy atom. The summed E-state index contributed by atoms with van der Waals surface area (Å²) >= 11 is 6.09. The van der Waals surface area contributed by atoms with Crippen LogP contribution < -0.4 is 4.74 Å². The van der Waals surface area contributed by atoms with Gasteiger partial charge in [0.1, 0.15) is 5.75 Å². The first-order chi connectivity index (χ1) is 10.4. The molecule has 0 radical (unpaired) electrons. The van der Waals surface area contributed by atoms with Crippen LogP contribution in [0.15, 0.2) is 54.6 Å². The number of hydrogen-bond donors (Lipinski definition) is 0. The Balaban J connectivity index is 2.14. The van der Waals surface area contributed by atoms with Gasteiger partial charge < -0.3 is 4.74 Å². The third-order valence-electron chi connectivity index (χ3n) is 3.06. The predicted octanol–water partition coefficient (Wildman–Crippen LogP) is 5.45. The van der Waals surface area contributed by atoms with Gasteiger partial charge in [-0.3, -0.25) is 0 Å². The number of halogens is 4. The van der Waals surface area contributed by atoms with E-state index in [9.17, 15) is 13.2 Å². The monoisotopic (exact) mass is 323 g/mol. The van der Waals surface area contributed by atoms with Crippen molar-refractivity contribution in [2.45, 2.75) is 6.36 Å². The minimum Gasteiger partial charge on any atom is -0.405 e. The average Bonchev–Trinajstić information content (AvgIpc) is 2.46. The fourth-order valence-electron chi connectivity index (χ4n) is 2.15. The van der Waals surface area contributed by atoms with Crippen LogP contribution in [-0.4, -0.2) is 11.3 Å². The highest BCUT2D eigenvalue weighted by Crippen LogP contribution is 2.34. The Bertz CT molecular complexity index is 833. The van der Waals surface area contributed by atoms with Gasteiger partial charge in [0.2, 0.25) is 0 Å². The SMILES string of the molecule is FC(F)(F)Oc1ccccc1-c1ccc2cccc(Cl)c2n1. The van der Waals surface area contributed by atoms with Gasteiger partial charge in [0.25, 0.3) is 0 Å². The summed E-state index contributed by atoms with van der Waals surface area (Å²) < 4.78 is 41.5. The summed E-state index contributed by atoms with van der Waals surface area (Å²) in [4.78, 5) is 4.36. The molecule has 0 aliphatic heterocycles. The van der Waals surface area contributed by atoms with Crippen molar-refractivity contribution in [1.82, 2.24) is 4.98 Å². The molecule has 1 heterocycles. The highest BCUT2D eigenvalue weighted by molar-refractivity contribution is 6.35. The third kappa shape index (κ3) is 2.99. The van der Waals surface area contributed by atoms with Gasteiger partial charge in [-0.1, -0.05) is 41.9 Å². The molecule has 2 aromatic carbocycles. The molecule has 0 unspecified atom stereocenters. The van der Waals surface area contributed by atoms with Crippen LogP contribution in [-0.2, 0) is 0 Å². The minimum atomic E-state index is -4.76. The molecule has 0 aliphatic rings. The number of rotatable bonds is 2. The Kier molecular flexibility index (Phi) is 3.66. The van der Waals surface area contributed by atoms with Gasteiger partial charge >= 0.3 is 6.36 Å². The van der Waals surface area contributed by atoms with Gasteiger partial charge in [0.05, 0.1) is 16.2 Å². The van der Waals surface area contributed by atoms with E-state index in [4.69, 9.17) is 11.6 Å². The van der Waals surface area contributed by atoms with Crippen molar-refractivity contribution in [1.29, 1.82) is 0 Å². The molecule has 6 heteroatoms. The van der Waals surface area contributed by atoms with Crippen LogP contribution in [0.3, 0.4) is 0 Å². The molecule has 0 fully saturated rings. The molecule has 0 saturated carbocycles. The van der Waals surface area contributed by atoms with Gasteiger partial charge in [-0.15, -0.1) is 13.2 Å². The minimum absolute atomic E-state index is 0.252. The second-order valence-electron chi connectivity index (χ2n) is 4.55. The molecule has 0 N–H and O–H groups in total. The summed E-state index contributed by atoms with van der Waals surface area (Å²) in [5.74, 6) is -0.297. The van der Waals surface area contributed by atoms with Crippen LogP contribution in [0.4, 0.5) is 13.2 Å². The summed E-state index contributed by atoms with van der Waals surface area (Å²) in [5, 5.41) is 1.25. The van der Waals surface area contributed by atoms with E-state index in [2.05, 4.69) is 9.72 Å². The second-order valence-corrected chi connectivity index (χ2v) is 4.96. The Morgan fingerprint density at radius 1 is 0.909 bits per heavy atom. The van der Waals surface area contributed by atoms with E-state index in [-0.39, 0.29) is 11.3 Å². The number of nitrogens with zero attached hydrogens (tertiary/aromatic N) is 1. The van der Waals surface area contributed by atoms with E-state index < -0.39 is 6.36 Å². The molecule has 22 heavy (non-hydrogen) atoms.